The van der Waals surface area contributed by atoms with Crippen LogP contribution in [0.25, 0.3) is 22.1 Å². The van der Waals surface area contributed by atoms with Gasteiger partial charge < -0.3 is 24.1 Å². The topological polar surface area (TPSA) is 106 Å². The molecular weight excluding hydrogens is 364 g/mol. The highest BCUT2D eigenvalue weighted by molar-refractivity contribution is 5.95. The van der Waals surface area contributed by atoms with Crippen LogP contribution in [0.5, 0.6) is 11.5 Å². The zero-order chi connectivity index (χ0) is 20.1. The summed E-state index contributed by atoms with van der Waals surface area (Å²) in [5.74, 6) is -0.749. The second kappa shape index (κ2) is 6.38. The van der Waals surface area contributed by atoms with Gasteiger partial charge in [0.15, 0.2) is 5.43 Å². The van der Waals surface area contributed by atoms with Crippen molar-refractivity contribution in [3.8, 4) is 22.6 Å². The molecule has 7 heteroatoms. The number of benzene rings is 2. The van der Waals surface area contributed by atoms with Crippen molar-refractivity contribution in [2.75, 3.05) is 13.2 Å². The Morgan fingerprint density at radius 3 is 2.61 bits per heavy atom. The van der Waals surface area contributed by atoms with E-state index in [2.05, 4.69) is 0 Å². The van der Waals surface area contributed by atoms with E-state index in [1.54, 1.807) is 18.2 Å². The van der Waals surface area contributed by atoms with Crippen molar-refractivity contribution in [1.29, 1.82) is 0 Å². The summed E-state index contributed by atoms with van der Waals surface area (Å²) in [4.78, 5) is 23.8. The third-order valence-electron chi connectivity index (χ3n) is 4.71. The first-order valence-electron chi connectivity index (χ1n) is 8.73. The molecule has 28 heavy (non-hydrogen) atoms. The Labute approximate surface area is 159 Å². The zero-order valence-corrected chi connectivity index (χ0v) is 15.3. The second-order valence-electron chi connectivity index (χ2n) is 6.99. The molecule has 0 radical (unpaired) electrons. The van der Waals surface area contributed by atoms with E-state index in [1.807, 2.05) is 26.0 Å². The number of ether oxygens (including phenoxy) is 2. The van der Waals surface area contributed by atoms with E-state index in [9.17, 15) is 9.59 Å². The maximum atomic E-state index is 12.6. The molecule has 1 aliphatic heterocycles. The molecule has 0 aliphatic carbocycles. The molecule has 4 rings (SSSR count). The van der Waals surface area contributed by atoms with Crippen molar-refractivity contribution < 1.29 is 28.9 Å². The quantitative estimate of drug-likeness (QED) is 0.714. The van der Waals surface area contributed by atoms with Crippen LogP contribution in [0.1, 0.15) is 30.0 Å². The largest absolute Gasteiger partial charge is 0.491 e. The third kappa shape index (κ3) is 2.80. The molecule has 0 bridgehead atoms. The second-order valence-corrected chi connectivity index (χ2v) is 6.99. The van der Waals surface area contributed by atoms with Gasteiger partial charge in [-0.1, -0.05) is 6.07 Å². The predicted octanol–water partition coefficient (Wildman–Crippen LogP) is 3.16. The molecular formula is C21H18O7. The Morgan fingerprint density at radius 2 is 1.89 bits per heavy atom. The first kappa shape index (κ1) is 18.1. The zero-order valence-electron chi connectivity index (χ0n) is 15.3. The smallest absolute Gasteiger partial charge is 0.371 e. The van der Waals surface area contributed by atoms with Gasteiger partial charge in [0.1, 0.15) is 34.7 Å². The molecule has 144 valence electrons. The molecule has 1 aromatic heterocycles. The van der Waals surface area contributed by atoms with Gasteiger partial charge >= 0.3 is 5.97 Å². The lowest BCUT2D eigenvalue weighted by atomic mass is 9.85. The Morgan fingerprint density at radius 1 is 1.14 bits per heavy atom. The summed E-state index contributed by atoms with van der Waals surface area (Å²) in [6.07, 6.45) is 0. The van der Waals surface area contributed by atoms with Crippen LogP contribution in [-0.2, 0) is 5.60 Å². The van der Waals surface area contributed by atoms with Crippen molar-refractivity contribution in [1.82, 2.24) is 0 Å². The summed E-state index contributed by atoms with van der Waals surface area (Å²) in [5, 5.41) is 18.3. The van der Waals surface area contributed by atoms with E-state index in [0.29, 0.717) is 17.1 Å². The summed E-state index contributed by atoms with van der Waals surface area (Å²) >= 11 is 0. The standard InChI is InChI=1S/C21H18O7/c1-21(2)14-9-11(26-8-7-22)3-4-12(14)13-5-6-16-18(19(13)28-21)15(23)10-17(27-16)20(24)25/h3-6,9-10,22H,7-8H2,1-2H3,(H,24,25). The van der Waals surface area contributed by atoms with Gasteiger partial charge in [0.05, 0.1) is 6.61 Å². The Bertz CT molecular complexity index is 1160. The number of rotatable bonds is 4. The molecule has 0 unspecified atom stereocenters. The molecule has 2 heterocycles. The number of aliphatic hydroxyl groups excluding tert-OH is 1. The van der Waals surface area contributed by atoms with Gasteiger partial charge in [-0.15, -0.1) is 0 Å². The highest BCUT2D eigenvalue weighted by atomic mass is 16.5. The van der Waals surface area contributed by atoms with Crippen LogP contribution < -0.4 is 14.9 Å². The van der Waals surface area contributed by atoms with Crippen molar-refractivity contribution in [3.63, 3.8) is 0 Å². The van der Waals surface area contributed by atoms with Crippen LogP contribution >= 0.6 is 0 Å². The summed E-state index contributed by atoms with van der Waals surface area (Å²) in [6, 6.07) is 9.80. The maximum Gasteiger partial charge on any atom is 0.371 e. The minimum atomic E-state index is -1.31. The molecule has 7 nitrogen and oxygen atoms in total. The fraction of sp³-hybridized carbons (Fsp3) is 0.238. The van der Waals surface area contributed by atoms with Crippen molar-refractivity contribution in [2.45, 2.75) is 19.4 Å². The molecule has 3 aromatic rings. The van der Waals surface area contributed by atoms with Crippen LogP contribution in [0.3, 0.4) is 0 Å². The molecule has 0 fully saturated rings. The van der Waals surface area contributed by atoms with Crippen LogP contribution in [0.4, 0.5) is 0 Å². The van der Waals surface area contributed by atoms with E-state index in [1.165, 1.54) is 0 Å². The summed E-state index contributed by atoms with van der Waals surface area (Å²) in [7, 11) is 0. The van der Waals surface area contributed by atoms with Crippen molar-refractivity contribution in [3.05, 3.63) is 57.9 Å². The molecule has 0 amide bonds. The third-order valence-corrected chi connectivity index (χ3v) is 4.71. The average Bonchev–Trinajstić information content (AvgIpc) is 2.65. The molecule has 1 aliphatic rings. The fourth-order valence-electron chi connectivity index (χ4n) is 3.47. The van der Waals surface area contributed by atoms with E-state index >= 15 is 0 Å². The lowest BCUT2D eigenvalue weighted by molar-refractivity contribution is 0.0662. The molecule has 2 aromatic carbocycles. The number of carbonyl (C=O) groups is 1. The Hall–Kier alpha value is -3.32. The first-order chi connectivity index (χ1) is 13.3. The lowest BCUT2D eigenvalue weighted by Gasteiger charge is -2.35. The van der Waals surface area contributed by atoms with E-state index in [-0.39, 0.29) is 24.2 Å². The summed E-state index contributed by atoms with van der Waals surface area (Å²) < 4.78 is 17.1. The molecule has 0 saturated carbocycles. The Kier molecular flexibility index (Phi) is 4.12. The first-order valence-corrected chi connectivity index (χ1v) is 8.73. The number of carboxylic acids is 1. The summed E-state index contributed by atoms with van der Waals surface area (Å²) in [5.41, 5.74) is 1.38. The van der Waals surface area contributed by atoms with Crippen molar-refractivity contribution in [2.24, 2.45) is 0 Å². The maximum absolute atomic E-state index is 12.6. The monoisotopic (exact) mass is 382 g/mol. The van der Waals surface area contributed by atoms with Crippen LogP contribution in [0, 0.1) is 0 Å². The predicted molar refractivity (Wildman–Crippen MR) is 101 cm³/mol. The van der Waals surface area contributed by atoms with E-state index < -0.39 is 22.8 Å². The number of hydrogen-bond donors (Lipinski definition) is 2. The Balaban J connectivity index is 1.95. The normalized spacial score (nSPS) is 14.1. The van der Waals surface area contributed by atoms with Crippen LogP contribution in [0.15, 0.2) is 45.6 Å². The minimum Gasteiger partial charge on any atom is -0.491 e. The van der Waals surface area contributed by atoms with Crippen LogP contribution in [0.2, 0.25) is 0 Å². The van der Waals surface area contributed by atoms with E-state index in [4.69, 9.17) is 24.1 Å². The van der Waals surface area contributed by atoms with Gasteiger partial charge in [-0.05, 0) is 43.7 Å². The molecule has 0 saturated heterocycles. The SMILES string of the molecule is CC1(C)Oc2c(ccc3oc(C(=O)O)cc(=O)c23)-c2ccc(OCCO)cc21. The number of aliphatic hydroxyl groups is 1. The molecule has 0 spiro atoms. The minimum absolute atomic E-state index is 0.0834. The lowest BCUT2D eigenvalue weighted by Crippen LogP contribution is -2.30. The number of fused-ring (bicyclic) bond motifs is 5. The van der Waals surface area contributed by atoms with Gasteiger partial charge in [0, 0.05) is 17.2 Å². The van der Waals surface area contributed by atoms with Gasteiger partial charge in [0.25, 0.3) is 0 Å². The highest BCUT2D eigenvalue weighted by Crippen LogP contribution is 2.48. The van der Waals surface area contributed by atoms with E-state index in [0.717, 1.165) is 17.2 Å². The fourth-order valence-corrected chi connectivity index (χ4v) is 3.47. The van der Waals surface area contributed by atoms with Gasteiger partial charge in [-0.3, -0.25) is 4.79 Å². The van der Waals surface area contributed by atoms with Gasteiger partial charge in [0.2, 0.25) is 5.76 Å². The number of carboxylic acid groups (broad SMARTS) is 1. The highest BCUT2D eigenvalue weighted by Gasteiger charge is 2.35. The van der Waals surface area contributed by atoms with Crippen LogP contribution in [-0.4, -0.2) is 29.4 Å². The molecule has 2 N–H and O–H groups in total. The summed E-state index contributed by atoms with van der Waals surface area (Å²) in [6.45, 7) is 3.85. The van der Waals surface area contributed by atoms with Crippen molar-refractivity contribution >= 4 is 16.9 Å². The molecule has 0 atom stereocenters. The number of hydrogen-bond acceptors (Lipinski definition) is 6. The average molecular weight is 382 g/mol. The van der Waals surface area contributed by atoms with Gasteiger partial charge in [-0.25, -0.2) is 4.79 Å². The number of aromatic carboxylic acids is 1. The van der Waals surface area contributed by atoms with Gasteiger partial charge in [-0.2, -0.15) is 0 Å².